The summed E-state index contributed by atoms with van der Waals surface area (Å²) in [7, 11) is 0. The Morgan fingerprint density at radius 1 is 1.25 bits per heavy atom. The van der Waals surface area contributed by atoms with Crippen molar-refractivity contribution >= 4 is 5.97 Å². The van der Waals surface area contributed by atoms with Crippen LogP contribution in [0.3, 0.4) is 0 Å². The summed E-state index contributed by atoms with van der Waals surface area (Å²) < 4.78 is 6.19. The highest BCUT2D eigenvalue weighted by Crippen LogP contribution is 2.61. The molecule has 5 rings (SSSR count). The number of aromatic hydroxyl groups is 1. The number of carbonyl (C=O) groups excluding carboxylic acids is 1. The smallest absolute Gasteiger partial charge is 0.336 e. The third kappa shape index (κ3) is 3.75. The Labute approximate surface area is 190 Å². The molecule has 172 valence electrons. The van der Waals surface area contributed by atoms with Crippen molar-refractivity contribution in [1.82, 2.24) is 4.90 Å². The maximum Gasteiger partial charge on any atom is 0.336 e. The summed E-state index contributed by atoms with van der Waals surface area (Å²) in [5.41, 5.74) is 3.51. The van der Waals surface area contributed by atoms with Crippen LogP contribution < -0.4 is 0 Å². The molecule has 2 fully saturated rings. The van der Waals surface area contributed by atoms with E-state index in [9.17, 15) is 9.90 Å². The number of aryl methyl sites for hydroxylation is 1. The average Bonchev–Trinajstić information content (AvgIpc) is 3.13. The van der Waals surface area contributed by atoms with E-state index in [0.29, 0.717) is 48.5 Å². The molecule has 1 heterocycles. The fourth-order valence-corrected chi connectivity index (χ4v) is 7.06. The summed E-state index contributed by atoms with van der Waals surface area (Å²) in [5, 5.41) is 19.0. The fourth-order valence-electron chi connectivity index (χ4n) is 7.06. The summed E-state index contributed by atoms with van der Waals surface area (Å²) in [5.74, 6) is 1.99. The summed E-state index contributed by atoms with van der Waals surface area (Å²) in [6.45, 7) is 3.21. The molecule has 0 unspecified atom stereocenters. The van der Waals surface area contributed by atoms with E-state index in [-0.39, 0.29) is 24.1 Å². The number of hydrogen-bond donors (Lipinski definition) is 2. The largest absolute Gasteiger partial charge is 0.508 e. The summed E-state index contributed by atoms with van der Waals surface area (Å²) in [6.07, 6.45) is 13.6. The molecule has 3 aliphatic carbocycles. The first-order valence-corrected chi connectivity index (χ1v) is 12.3. The van der Waals surface area contributed by atoms with E-state index in [4.69, 9.17) is 9.84 Å². The average molecular weight is 438 g/mol. The Kier molecular flexibility index (Phi) is 5.79. The first-order valence-electron chi connectivity index (χ1n) is 12.3. The Morgan fingerprint density at radius 3 is 2.97 bits per heavy atom. The minimum Gasteiger partial charge on any atom is -0.508 e. The van der Waals surface area contributed by atoms with Crippen LogP contribution in [0.4, 0.5) is 0 Å². The van der Waals surface area contributed by atoms with Crippen molar-refractivity contribution in [2.75, 3.05) is 13.2 Å². The van der Waals surface area contributed by atoms with Gasteiger partial charge in [-0.05, 0) is 92.2 Å². The van der Waals surface area contributed by atoms with Gasteiger partial charge in [0.15, 0.2) is 0 Å². The van der Waals surface area contributed by atoms with Gasteiger partial charge in [0.1, 0.15) is 11.9 Å². The molecule has 1 aliphatic heterocycles. The minimum absolute atomic E-state index is 0.0140. The Bertz CT molecular complexity index is 938. The molecular formula is C27H35NO4. The second-order valence-electron chi connectivity index (χ2n) is 10.4. The molecule has 5 nitrogen and oxygen atoms in total. The standard InChI is InChI=1S/C27H35NO4/c1-27-12-11-22-21-8-6-20(30)16-18(21)5-7-23(22)24(27)9-10-25(27)32-26(31)19-4-2-13-28(17-19)14-3-15-29/h2,6,8,13,16-17,22-25,29-30H,3-5,7,9-12,14-15H2,1H3/t22-,23-,24+,25-,27+/m1/s1. The molecule has 0 bridgehead atoms. The predicted octanol–water partition coefficient (Wildman–Crippen LogP) is 4.65. The van der Waals surface area contributed by atoms with Crippen LogP contribution in [0.1, 0.15) is 68.9 Å². The van der Waals surface area contributed by atoms with E-state index in [1.54, 1.807) is 0 Å². The van der Waals surface area contributed by atoms with Gasteiger partial charge in [0.2, 0.25) is 0 Å². The van der Waals surface area contributed by atoms with Crippen molar-refractivity contribution in [3.05, 3.63) is 53.4 Å². The molecule has 1 aromatic rings. The summed E-state index contributed by atoms with van der Waals surface area (Å²) >= 11 is 0. The number of nitrogens with zero attached hydrogens (tertiary/aromatic N) is 1. The van der Waals surface area contributed by atoms with Crippen LogP contribution in [0.2, 0.25) is 0 Å². The van der Waals surface area contributed by atoms with Crippen LogP contribution in [0.15, 0.2) is 42.2 Å². The highest BCUT2D eigenvalue weighted by molar-refractivity contribution is 5.89. The molecule has 4 aliphatic rings. The minimum atomic E-state index is -0.179. The molecule has 5 heteroatoms. The summed E-state index contributed by atoms with van der Waals surface area (Å²) in [6, 6.07) is 5.93. The maximum atomic E-state index is 13.0. The van der Waals surface area contributed by atoms with Gasteiger partial charge in [0.25, 0.3) is 0 Å². The highest BCUT2D eigenvalue weighted by atomic mass is 16.5. The third-order valence-electron chi connectivity index (χ3n) is 8.67. The van der Waals surface area contributed by atoms with Crippen molar-refractivity contribution in [3.8, 4) is 5.75 Å². The van der Waals surface area contributed by atoms with Crippen LogP contribution in [-0.2, 0) is 16.0 Å². The first kappa shape index (κ1) is 21.6. The number of rotatable bonds is 5. The van der Waals surface area contributed by atoms with Gasteiger partial charge in [-0.1, -0.05) is 19.1 Å². The lowest BCUT2D eigenvalue weighted by atomic mass is 9.55. The van der Waals surface area contributed by atoms with Gasteiger partial charge < -0.3 is 19.8 Å². The number of fused-ring (bicyclic) bond motifs is 5. The van der Waals surface area contributed by atoms with Crippen LogP contribution in [0.5, 0.6) is 5.75 Å². The Balaban J connectivity index is 1.29. The molecule has 32 heavy (non-hydrogen) atoms. The van der Waals surface area contributed by atoms with E-state index in [0.717, 1.165) is 38.5 Å². The summed E-state index contributed by atoms with van der Waals surface area (Å²) in [4.78, 5) is 15.0. The van der Waals surface area contributed by atoms with Crippen molar-refractivity contribution in [3.63, 3.8) is 0 Å². The van der Waals surface area contributed by atoms with E-state index in [1.807, 2.05) is 35.5 Å². The zero-order valence-corrected chi connectivity index (χ0v) is 19.0. The number of aliphatic hydroxyl groups is 1. The van der Waals surface area contributed by atoms with Crippen LogP contribution in [0.25, 0.3) is 0 Å². The molecule has 0 saturated heterocycles. The number of benzene rings is 1. The lowest BCUT2D eigenvalue weighted by Crippen LogP contribution is -2.45. The number of phenols is 1. The first-order chi connectivity index (χ1) is 15.5. The molecule has 0 aromatic heterocycles. The van der Waals surface area contributed by atoms with Crippen molar-refractivity contribution in [2.45, 2.75) is 70.3 Å². The SMILES string of the molecule is C[C@]12CC[C@@H]3c4ccc(O)cc4CC[C@H]3[C@@H]1CC[C@H]2OC(=O)C1=CN(CCCO)C=CC1. The topological polar surface area (TPSA) is 70.0 Å². The maximum absolute atomic E-state index is 13.0. The van der Waals surface area contributed by atoms with E-state index < -0.39 is 0 Å². The molecule has 0 amide bonds. The van der Waals surface area contributed by atoms with E-state index in [1.165, 1.54) is 11.1 Å². The number of phenolic OH excluding ortho intramolecular Hbond substituents is 1. The molecule has 0 spiro atoms. The monoisotopic (exact) mass is 437 g/mol. The zero-order valence-electron chi connectivity index (χ0n) is 19.0. The normalized spacial score (nSPS) is 33.2. The molecule has 2 N–H and O–H groups in total. The van der Waals surface area contributed by atoms with E-state index >= 15 is 0 Å². The van der Waals surface area contributed by atoms with Crippen LogP contribution >= 0.6 is 0 Å². The third-order valence-corrected chi connectivity index (χ3v) is 8.67. The van der Waals surface area contributed by atoms with Gasteiger partial charge in [0, 0.05) is 31.2 Å². The number of esters is 1. The van der Waals surface area contributed by atoms with Gasteiger partial charge in [-0.2, -0.15) is 0 Å². The molecule has 2 saturated carbocycles. The van der Waals surface area contributed by atoms with Crippen molar-refractivity contribution < 1.29 is 19.7 Å². The van der Waals surface area contributed by atoms with Crippen LogP contribution in [0, 0.1) is 17.3 Å². The Hall–Kier alpha value is -2.27. The van der Waals surface area contributed by atoms with Gasteiger partial charge in [0.05, 0.1) is 5.57 Å². The highest BCUT2D eigenvalue weighted by Gasteiger charge is 2.56. The van der Waals surface area contributed by atoms with Crippen LogP contribution in [-0.4, -0.2) is 40.3 Å². The number of ether oxygens (including phenoxy) is 1. The lowest BCUT2D eigenvalue weighted by Gasteiger charge is -2.50. The van der Waals surface area contributed by atoms with Gasteiger partial charge >= 0.3 is 5.97 Å². The number of aliphatic hydroxyl groups excluding tert-OH is 1. The molecule has 0 radical (unpaired) electrons. The number of carbonyl (C=O) groups is 1. The van der Waals surface area contributed by atoms with Gasteiger partial charge in [-0.25, -0.2) is 4.79 Å². The Morgan fingerprint density at radius 2 is 2.12 bits per heavy atom. The molecule has 1 aromatic carbocycles. The number of allylic oxidation sites excluding steroid dienone is 1. The van der Waals surface area contributed by atoms with Gasteiger partial charge in [-0.15, -0.1) is 0 Å². The lowest BCUT2D eigenvalue weighted by molar-refractivity contribution is -0.153. The number of hydrogen-bond acceptors (Lipinski definition) is 5. The fraction of sp³-hybridized carbons (Fsp3) is 0.593. The molecule has 5 atom stereocenters. The van der Waals surface area contributed by atoms with Crippen molar-refractivity contribution in [1.29, 1.82) is 0 Å². The predicted molar refractivity (Wildman–Crippen MR) is 123 cm³/mol. The van der Waals surface area contributed by atoms with Gasteiger partial charge in [-0.3, -0.25) is 0 Å². The van der Waals surface area contributed by atoms with Crippen molar-refractivity contribution in [2.24, 2.45) is 17.3 Å². The van der Waals surface area contributed by atoms with E-state index in [2.05, 4.69) is 13.0 Å². The molecular weight excluding hydrogens is 402 g/mol. The second-order valence-corrected chi connectivity index (χ2v) is 10.4. The quantitative estimate of drug-likeness (QED) is 0.657. The zero-order chi connectivity index (χ0) is 22.3. The second kappa shape index (κ2) is 8.58.